The Hall–Kier alpha value is -2.51. The monoisotopic (exact) mass is 370 g/mol. The number of carbonyl (C=O) groups is 1. The Labute approximate surface area is 154 Å². The number of para-hydroxylation sites is 1. The Balaban J connectivity index is 1.99. The predicted molar refractivity (Wildman–Crippen MR) is 105 cm³/mol. The van der Waals surface area contributed by atoms with Gasteiger partial charge in [0.2, 0.25) is 0 Å². The van der Waals surface area contributed by atoms with Crippen molar-refractivity contribution in [1.82, 2.24) is 0 Å². The van der Waals surface area contributed by atoms with Crippen LogP contribution in [0.25, 0.3) is 6.08 Å². The molecule has 25 heavy (non-hydrogen) atoms. The molecule has 1 amide bonds. The van der Waals surface area contributed by atoms with Gasteiger partial charge in [0.25, 0.3) is 11.6 Å². The van der Waals surface area contributed by atoms with E-state index in [9.17, 15) is 14.9 Å². The van der Waals surface area contributed by atoms with E-state index in [2.05, 4.69) is 0 Å². The fraction of sp³-hybridized carbons (Fsp3) is 0.111. The molecule has 2 aromatic rings. The van der Waals surface area contributed by atoms with Gasteiger partial charge in [-0.2, -0.15) is 0 Å². The maximum atomic E-state index is 12.8. The average Bonchev–Trinajstić information content (AvgIpc) is 2.84. The summed E-state index contributed by atoms with van der Waals surface area (Å²) in [5.74, 6) is -0.267. The molecule has 0 N–H and O–H groups in total. The van der Waals surface area contributed by atoms with Crippen LogP contribution in [-0.4, -0.2) is 15.2 Å². The number of nitro benzene ring substituents is 1. The highest BCUT2D eigenvalue weighted by atomic mass is 32.2. The molecule has 1 saturated heterocycles. The maximum Gasteiger partial charge on any atom is 0.276 e. The first kappa shape index (κ1) is 17.3. The Bertz CT molecular complexity index is 938. The first-order chi connectivity index (χ1) is 11.9. The number of thioether (sulfide) groups is 1. The molecule has 0 aromatic heterocycles. The third kappa shape index (κ3) is 3.33. The SMILES string of the molecule is Cc1ccc(N2C(=O)/C(=C/c3ccccc3[N+](=O)[O-])SC2=S)cc1C. The van der Waals surface area contributed by atoms with Gasteiger partial charge in [-0.3, -0.25) is 19.8 Å². The number of rotatable bonds is 3. The third-order valence-corrected chi connectivity index (χ3v) is 5.26. The second-order valence-electron chi connectivity index (χ2n) is 5.60. The van der Waals surface area contributed by atoms with E-state index in [0.717, 1.165) is 22.9 Å². The summed E-state index contributed by atoms with van der Waals surface area (Å²) in [4.78, 5) is 25.3. The molecule has 1 aliphatic heterocycles. The fourth-order valence-electron chi connectivity index (χ4n) is 2.47. The van der Waals surface area contributed by atoms with Gasteiger partial charge in [-0.05, 0) is 49.2 Å². The van der Waals surface area contributed by atoms with Gasteiger partial charge in [0.1, 0.15) is 0 Å². The maximum absolute atomic E-state index is 12.8. The number of amides is 1. The zero-order chi connectivity index (χ0) is 18.1. The molecule has 7 heteroatoms. The highest BCUT2D eigenvalue weighted by Gasteiger charge is 2.33. The van der Waals surface area contributed by atoms with Crippen molar-refractivity contribution in [2.75, 3.05) is 4.90 Å². The molecule has 0 atom stereocenters. The summed E-state index contributed by atoms with van der Waals surface area (Å²) in [5.41, 5.74) is 3.24. The molecule has 0 aliphatic carbocycles. The van der Waals surface area contributed by atoms with E-state index in [1.807, 2.05) is 32.0 Å². The largest absolute Gasteiger partial charge is 0.276 e. The van der Waals surface area contributed by atoms with Crippen LogP contribution in [0, 0.1) is 24.0 Å². The van der Waals surface area contributed by atoms with Crippen LogP contribution in [0.4, 0.5) is 11.4 Å². The molecule has 0 saturated carbocycles. The normalized spacial score (nSPS) is 15.9. The zero-order valence-electron chi connectivity index (χ0n) is 13.6. The topological polar surface area (TPSA) is 63.5 Å². The standard InChI is InChI=1S/C18H14N2O3S2/c1-11-7-8-14(9-12(11)2)19-17(21)16(25-18(19)24)10-13-5-3-4-6-15(13)20(22)23/h3-10H,1-2H3/b16-10-. The molecule has 1 heterocycles. The van der Waals surface area contributed by atoms with Crippen LogP contribution in [-0.2, 0) is 4.79 Å². The summed E-state index contributed by atoms with van der Waals surface area (Å²) in [6, 6.07) is 12.0. The van der Waals surface area contributed by atoms with Crippen LogP contribution in [0.1, 0.15) is 16.7 Å². The van der Waals surface area contributed by atoms with E-state index >= 15 is 0 Å². The number of anilines is 1. The summed E-state index contributed by atoms with van der Waals surface area (Å²) in [7, 11) is 0. The number of nitrogens with zero attached hydrogens (tertiary/aromatic N) is 2. The lowest BCUT2D eigenvalue weighted by Gasteiger charge is -2.15. The van der Waals surface area contributed by atoms with Crippen molar-refractivity contribution in [2.45, 2.75) is 13.8 Å². The molecule has 1 fully saturated rings. The van der Waals surface area contributed by atoms with Crippen molar-refractivity contribution in [3.63, 3.8) is 0 Å². The molecule has 3 rings (SSSR count). The van der Waals surface area contributed by atoms with Gasteiger partial charge < -0.3 is 0 Å². The van der Waals surface area contributed by atoms with Gasteiger partial charge >= 0.3 is 0 Å². The second kappa shape index (κ2) is 6.78. The zero-order valence-corrected chi connectivity index (χ0v) is 15.2. The molecule has 0 radical (unpaired) electrons. The summed E-state index contributed by atoms with van der Waals surface area (Å²) in [5, 5.41) is 11.1. The number of hydrogen-bond donors (Lipinski definition) is 0. The minimum absolute atomic E-state index is 0.0426. The van der Waals surface area contributed by atoms with E-state index in [-0.39, 0.29) is 11.6 Å². The smallest absolute Gasteiger partial charge is 0.268 e. The molecule has 0 unspecified atom stereocenters. The Kier molecular flexibility index (Phi) is 4.69. The number of aryl methyl sites for hydroxylation is 2. The van der Waals surface area contributed by atoms with Crippen LogP contribution in [0.15, 0.2) is 47.4 Å². The van der Waals surface area contributed by atoms with Crippen LogP contribution >= 0.6 is 24.0 Å². The van der Waals surface area contributed by atoms with Gasteiger partial charge in [-0.15, -0.1) is 0 Å². The number of nitro groups is 1. The number of benzene rings is 2. The molecule has 126 valence electrons. The van der Waals surface area contributed by atoms with Crippen LogP contribution in [0.3, 0.4) is 0 Å². The Morgan fingerprint density at radius 3 is 2.56 bits per heavy atom. The van der Waals surface area contributed by atoms with Crippen molar-refractivity contribution in [1.29, 1.82) is 0 Å². The lowest BCUT2D eigenvalue weighted by molar-refractivity contribution is -0.385. The van der Waals surface area contributed by atoms with Crippen molar-refractivity contribution < 1.29 is 9.72 Å². The van der Waals surface area contributed by atoms with Gasteiger partial charge in [-0.25, -0.2) is 0 Å². The van der Waals surface area contributed by atoms with E-state index < -0.39 is 4.92 Å². The molecular weight excluding hydrogens is 356 g/mol. The average molecular weight is 370 g/mol. The molecule has 2 aromatic carbocycles. The minimum atomic E-state index is -0.462. The second-order valence-corrected chi connectivity index (χ2v) is 7.28. The number of carbonyl (C=O) groups excluding carboxylic acids is 1. The minimum Gasteiger partial charge on any atom is -0.268 e. The predicted octanol–water partition coefficient (Wildman–Crippen LogP) is 4.62. The van der Waals surface area contributed by atoms with Crippen molar-refractivity contribution in [3.05, 3.63) is 74.2 Å². The van der Waals surface area contributed by atoms with E-state index in [0.29, 0.717) is 20.5 Å². The van der Waals surface area contributed by atoms with Gasteiger partial charge in [0.05, 0.1) is 21.1 Å². The Morgan fingerprint density at radius 2 is 1.88 bits per heavy atom. The van der Waals surface area contributed by atoms with Crippen molar-refractivity contribution in [3.8, 4) is 0 Å². The summed E-state index contributed by atoms with van der Waals surface area (Å²) < 4.78 is 0.415. The van der Waals surface area contributed by atoms with Crippen LogP contribution in [0.5, 0.6) is 0 Å². The van der Waals surface area contributed by atoms with E-state index in [1.165, 1.54) is 17.0 Å². The third-order valence-electron chi connectivity index (χ3n) is 3.96. The first-order valence-corrected chi connectivity index (χ1v) is 8.69. The van der Waals surface area contributed by atoms with Crippen LogP contribution in [0.2, 0.25) is 0 Å². The Morgan fingerprint density at radius 1 is 1.16 bits per heavy atom. The van der Waals surface area contributed by atoms with Gasteiger partial charge in [0.15, 0.2) is 4.32 Å². The van der Waals surface area contributed by atoms with Crippen molar-refractivity contribution >= 4 is 51.7 Å². The summed E-state index contributed by atoms with van der Waals surface area (Å²) in [6.07, 6.45) is 1.53. The summed E-state index contributed by atoms with van der Waals surface area (Å²) in [6.45, 7) is 3.97. The van der Waals surface area contributed by atoms with Crippen molar-refractivity contribution in [2.24, 2.45) is 0 Å². The quantitative estimate of drug-likeness (QED) is 0.341. The van der Waals surface area contributed by atoms with Crippen LogP contribution < -0.4 is 4.90 Å². The van der Waals surface area contributed by atoms with Gasteiger partial charge in [0, 0.05) is 6.07 Å². The number of hydrogen-bond acceptors (Lipinski definition) is 5. The van der Waals surface area contributed by atoms with E-state index in [1.54, 1.807) is 18.2 Å². The van der Waals surface area contributed by atoms with Gasteiger partial charge in [-0.1, -0.05) is 42.2 Å². The summed E-state index contributed by atoms with van der Waals surface area (Å²) >= 11 is 6.49. The molecular formula is C18H14N2O3S2. The molecule has 1 aliphatic rings. The first-order valence-electron chi connectivity index (χ1n) is 7.47. The molecule has 5 nitrogen and oxygen atoms in total. The highest BCUT2D eigenvalue weighted by molar-refractivity contribution is 8.27. The van der Waals surface area contributed by atoms with E-state index in [4.69, 9.17) is 12.2 Å². The lowest BCUT2D eigenvalue weighted by atomic mass is 10.1. The number of thiocarbonyl (C=S) groups is 1. The molecule has 0 bridgehead atoms. The lowest BCUT2D eigenvalue weighted by Crippen LogP contribution is -2.27. The fourth-order valence-corrected chi connectivity index (χ4v) is 3.76. The molecule has 0 spiro atoms. The highest BCUT2D eigenvalue weighted by Crippen LogP contribution is 2.37.